The van der Waals surface area contributed by atoms with Gasteiger partial charge in [-0.05, 0) is 24.3 Å². The molecule has 0 aliphatic carbocycles. The quantitative estimate of drug-likeness (QED) is 0.725. The third kappa shape index (κ3) is 2.88. The van der Waals surface area contributed by atoms with Crippen LogP contribution in [0.25, 0.3) is 11.3 Å². The van der Waals surface area contributed by atoms with Crippen molar-refractivity contribution in [3.63, 3.8) is 0 Å². The second kappa shape index (κ2) is 4.29. The molecule has 0 saturated carbocycles. The van der Waals surface area contributed by atoms with E-state index in [-0.39, 0.29) is 11.3 Å². The van der Waals surface area contributed by atoms with Gasteiger partial charge in [0.15, 0.2) is 0 Å². The number of nitrogens with zero attached hydrogens (tertiary/aromatic N) is 1. The number of alkyl halides is 6. The first-order valence-electron chi connectivity index (χ1n) is 4.88. The molecule has 0 fully saturated rings. The molecule has 8 heteroatoms. The summed E-state index contributed by atoms with van der Waals surface area (Å²) < 4.78 is 79.9. The van der Waals surface area contributed by atoms with Crippen molar-refractivity contribution in [1.82, 2.24) is 4.98 Å². The Morgan fingerprint density at radius 2 is 1.42 bits per heavy atom. The summed E-state index contributed by atoms with van der Waals surface area (Å²) in [6.45, 7) is 0. The van der Waals surface area contributed by atoms with Crippen LogP contribution in [0.3, 0.4) is 0 Å². The number of hydrogen-bond acceptors (Lipinski definition) is 2. The van der Waals surface area contributed by atoms with Crippen molar-refractivity contribution in [1.29, 1.82) is 0 Å². The van der Waals surface area contributed by atoms with Crippen LogP contribution in [-0.2, 0) is 12.4 Å². The van der Waals surface area contributed by atoms with Crippen molar-refractivity contribution in [3.05, 3.63) is 41.9 Å². The predicted molar refractivity (Wildman–Crippen MR) is 51.9 cm³/mol. The molecule has 0 aromatic carbocycles. The molecule has 102 valence electrons. The zero-order valence-corrected chi connectivity index (χ0v) is 9.01. The van der Waals surface area contributed by atoms with Crippen molar-refractivity contribution in [2.45, 2.75) is 12.4 Å². The average molecular weight is 281 g/mol. The van der Waals surface area contributed by atoms with Crippen LogP contribution in [0, 0.1) is 0 Å². The summed E-state index contributed by atoms with van der Waals surface area (Å²) in [5.41, 5.74) is -3.57. The van der Waals surface area contributed by atoms with Crippen LogP contribution >= 0.6 is 0 Å². The third-order valence-electron chi connectivity index (χ3n) is 2.21. The zero-order valence-electron chi connectivity index (χ0n) is 9.01. The van der Waals surface area contributed by atoms with Gasteiger partial charge in [-0.3, -0.25) is 0 Å². The fourth-order valence-electron chi connectivity index (χ4n) is 1.41. The summed E-state index contributed by atoms with van der Waals surface area (Å²) >= 11 is 0. The van der Waals surface area contributed by atoms with Crippen LogP contribution in [0.15, 0.2) is 34.9 Å². The number of rotatable bonds is 1. The first-order valence-corrected chi connectivity index (χ1v) is 4.88. The average Bonchev–Trinajstić information content (AvgIpc) is 2.79. The Hall–Kier alpha value is -1.99. The molecule has 2 heterocycles. The highest BCUT2D eigenvalue weighted by atomic mass is 19.4. The van der Waals surface area contributed by atoms with E-state index in [0.29, 0.717) is 12.1 Å². The molecule has 2 nitrogen and oxygen atoms in total. The molecule has 0 saturated heterocycles. The summed E-state index contributed by atoms with van der Waals surface area (Å²) in [7, 11) is 0. The van der Waals surface area contributed by atoms with Crippen molar-refractivity contribution >= 4 is 0 Å². The molecule has 0 spiro atoms. The first kappa shape index (κ1) is 13.4. The van der Waals surface area contributed by atoms with Crippen molar-refractivity contribution in [2.24, 2.45) is 0 Å². The van der Waals surface area contributed by atoms with Crippen LogP contribution < -0.4 is 0 Å². The number of furan rings is 1. The topological polar surface area (TPSA) is 26.0 Å². The van der Waals surface area contributed by atoms with E-state index in [0.717, 1.165) is 6.26 Å². The van der Waals surface area contributed by atoms with Crippen LogP contribution in [0.1, 0.15) is 11.4 Å². The van der Waals surface area contributed by atoms with Gasteiger partial charge < -0.3 is 4.42 Å². The summed E-state index contributed by atoms with van der Waals surface area (Å²) in [5, 5.41) is 0. The largest absolute Gasteiger partial charge is 0.464 e. The monoisotopic (exact) mass is 281 g/mol. The van der Waals surface area contributed by atoms with Gasteiger partial charge in [0, 0.05) is 5.56 Å². The van der Waals surface area contributed by atoms with Crippen molar-refractivity contribution in [3.8, 4) is 11.3 Å². The lowest BCUT2D eigenvalue weighted by Gasteiger charge is -2.12. The van der Waals surface area contributed by atoms with E-state index in [1.54, 1.807) is 0 Å². The Kier molecular flexibility index (Phi) is 3.03. The van der Waals surface area contributed by atoms with Gasteiger partial charge in [0.1, 0.15) is 17.1 Å². The van der Waals surface area contributed by atoms with Crippen LogP contribution in [0.5, 0.6) is 0 Å². The summed E-state index contributed by atoms with van der Waals surface area (Å²) in [5.74, 6) is -0.0987. The lowest BCUT2D eigenvalue weighted by molar-refractivity contribution is -0.150. The first-order chi connectivity index (χ1) is 8.68. The fraction of sp³-hybridized carbons (Fsp3) is 0.182. The Bertz CT molecular complexity index is 538. The Morgan fingerprint density at radius 3 is 1.79 bits per heavy atom. The van der Waals surface area contributed by atoms with Crippen LogP contribution in [0.4, 0.5) is 26.3 Å². The summed E-state index contributed by atoms with van der Waals surface area (Å²) in [4.78, 5) is 2.59. The maximum Gasteiger partial charge on any atom is 0.433 e. The SMILES string of the molecule is FC(F)(F)c1cc(-c2ccco2)cc(C(F)(F)F)n1. The van der Waals surface area contributed by atoms with Crippen LogP contribution in [0.2, 0.25) is 0 Å². The van der Waals surface area contributed by atoms with Gasteiger partial charge in [-0.1, -0.05) is 0 Å². The van der Waals surface area contributed by atoms with Gasteiger partial charge >= 0.3 is 12.4 Å². The highest BCUT2D eigenvalue weighted by Crippen LogP contribution is 2.36. The lowest BCUT2D eigenvalue weighted by Crippen LogP contribution is -2.15. The Labute approximate surface area is 102 Å². The van der Waals surface area contributed by atoms with E-state index in [9.17, 15) is 26.3 Å². The van der Waals surface area contributed by atoms with Gasteiger partial charge in [0.2, 0.25) is 0 Å². The molecule has 0 N–H and O–H groups in total. The standard InChI is InChI=1S/C11H5F6NO/c12-10(13,14)8-4-6(7-2-1-3-19-7)5-9(18-8)11(15,16)17/h1-5H. The normalized spacial score (nSPS) is 12.7. The maximum atomic E-state index is 12.5. The van der Waals surface area contributed by atoms with Gasteiger partial charge in [-0.2, -0.15) is 26.3 Å². The predicted octanol–water partition coefficient (Wildman–Crippen LogP) is 4.38. The molecule has 0 aliphatic heterocycles. The van der Waals surface area contributed by atoms with Gasteiger partial charge in [0.25, 0.3) is 0 Å². The van der Waals surface area contributed by atoms with Gasteiger partial charge in [-0.15, -0.1) is 0 Å². The minimum atomic E-state index is -4.97. The van der Waals surface area contributed by atoms with E-state index in [1.165, 1.54) is 12.1 Å². The van der Waals surface area contributed by atoms with E-state index in [2.05, 4.69) is 4.98 Å². The van der Waals surface area contributed by atoms with E-state index >= 15 is 0 Å². The molecule has 19 heavy (non-hydrogen) atoms. The summed E-state index contributed by atoms with van der Waals surface area (Å²) in [6.07, 6.45) is -8.79. The minimum Gasteiger partial charge on any atom is -0.464 e. The van der Waals surface area contributed by atoms with Gasteiger partial charge in [0.05, 0.1) is 6.26 Å². The molecular formula is C11H5F6NO. The third-order valence-corrected chi connectivity index (χ3v) is 2.21. The molecule has 0 amide bonds. The van der Waals surface area contributed by atoms with Gasteiger partial charge in [-0.25, -0.2) is 4.98 Å². The number of halogens is 6. The number of aromatic nitrogens is 1. The molecule has 0 unspecified atom stereocenters. The maximum absolute atomic E-state index is 12.5. The number of pyridine rings is 1. The second-order valence-electron chi connectivity index (χ2n) is 3.60. The molecule has 0 radical (unpaired) electrons. The molecule has 0 aliphatic rings. The fourth-order valence-corrected chi connectivity index (χ4v) is 1.41. The van der Waals surface area contributed by atoms with Crippen LogP contribution in [-0.4, -0.2) is 4.98 Å². The molecule has 2 rings (SSSR count). The molecule has 0 atom stereocenters. The smallest absolute Gasteiger partial charge is 0.433 e. The minimum absolute atomic E-state index is 0.0987. The van der Waals surface area contributed by atoms with E-state index in [1.807, 2.05) is 0 Å². The molecular weight excluding hydrogens is 276 g/mol. The highest BCUT2D eigenvalue weighted by molar-refractivity contribution is 5.58. The second-order valence-corrected chi connectivity index (χ2v) is 3.60. The van der Waals surface area contributed by atoms with Crippen molar-refractivity contribution in [2.75, 3.05) is 0 Å². The van der Waals surface area contributed by atoms with E-state index in [4.69, 9.17) is 4.42 Å². The van der Waals surface area contributed by atoms with Crippen molar-refractivity contribution < 1.29 is 30.8 Å². The molecule has 0 bridgehead atoms. The summed E-state index contributed by atoms with van der Waals surface area (Å²) in [6, 6.07) is 3.63. The van der Waals surface area contributed by atoms with E-state index < -0.39 is 23.7 Å². The molecule has 2 aromatic rings. The molecule has 2 aromatic heterocycles. The highest BCUT2D eigenvalue weighted by Gasteiger charge is 2.39. The number of hydrogen-bond donors (Lipinski definition) is 0. The Balaban J connectivity index is 2.62. The lowest BCUT2D eigenvalue weighted by atomic mass is 10.1. The Morgan fingerprint density at radius 1 is 0.895 bits per heavy atom. The zero-order chi connectivity index (χ0) is 14.3.